The molecule has 1 aromatic heterocycles. The second kappa shape index (κ2) is 9.79. The number of nitrogens with zero attached hydrogens (tertiary/aromatic N) is 3. The largest absolute Gasteiger partial charge is 0.416 e. The third-order valence-electron chi connectivity index (χ3n) is 5.98. The molecule has 0 saturated heterocycles. The molecule has 0 fully saturated rings. The molecule has 1 unspecified atom stereocenters. The fourth-order valence-electron chi connectivity index (χ4n) is 4.23. The van der Waals surface area contributed by atoms with Crippen molar-refractivity contribution in [1.29, 1.82) is 0 Å². The minimum Gasteiger partial charge on any atom is -0.396 e. The van der Waals surface area contributed by atoms with Crippen LogP contribution in [0.3, 0.4) is 0 Å². The highest BCUT2D eigenvalue weighted by Crippen LogP contribution is 2.34. The van der Waals surface area contributed by atoms with Gasteiger partial charge in [0.05, 0.1) is 5.56 Å². The van der Waals surface area contributed by atoms with Crippen molar-refractivity contribution in [2.75, 3.05) is 16.8 Å². The van der Waals surface area contributed by atoms with E-state index >= 15 is 0 Å². The van der Waals surface area contributed by atoms with Gasteiger partial charge in [0.25, 0.3) is 5.56 Å². The van der Waals surface area contributed by atoms with Crippen LogP contribution in [-0.4, -0.2) is 27.0 Å². The van der Waals surface area contributed by atoms with Crippen LogP contribution in [0.5, 0.6) is 0 Å². The van der Waals surface area contributed by atoms with E-state index in [2.05, 4.69) is 5.32 Å². The van der Waals surface area contributed by atoms with Crippen molar-refractivity contribution in [1.82, 2.24) is 9.13 Å². The van der Waals surface area contributed by atoms with Crippen molar-refractivity contribution >= 4 is 23.1 Å². The monoisotopic (exact) mass is 508 g/mol. The molecule has 2 heterocycles. The van der Waals surface area contributed by atoms with Crippen LogP contribution >= 0.6 is 11.6 Å². The van der Waals surface area contributed by atoms with Crippen LogP contribution in [0, 0.1) is 0 Å². The zero-order chi connectivity index (χ0) is 25.3. The van der Waals surface area contributed by atoms with Crippen LogP contribution in [0.15, 0.2) is 58.1 Å². The summed E-state index contributed by atoms with van der Waals surface area (Å²) < 4.78 is 42.1. The van der Waals surface area contributed by atoms with Gasteiger partial charge in [0.2, 0.25) is 0 Å². The molecule has 7 nitrogen and oxygen atoms in total. The summed E-state index contributed by atoms with van der Waals surface area (Å²) in [5.41, 5.74) is -0.319. The van der Waals surface area contributed by atoms with Gasteiger partial charge in [-0.25, -0.2) is 4.79 Å². The van der Waals surface area contributed by atoms with E-state index in [1.165, 1.54) is 17.7 Å². The summed E-state index contributed by atoms with van der Waals surface area (Å²) in [6.45, 7) is 0.119. The van der Waals surface area contributed by atoms with Gasteiger partial charge in [0, 0.05) is 38.2 Å². The van der Waals surface area contributed by atoms with Gasteiger partial charge < -0.3 is 15.3 Å². The van der Waals surface area contributed by atoms with Crippen molar-refractivity contribution in [3.05, 3.63) is 91.1 Å². The lowest BCUT2D eigenvalue weighted by molar-refractivity contribution is -0.137. The van der Waals surface area contributed by atoms with Gasteiger partial charge in [-0.15, -0.1) is 0 Å². The zero-order valence-corrected chi connectivity index (χ0v) is 19.6. The molecule has 2 aromatic carbocycles. The fourth-order valence-corrected chi connectivity index (χ4v) is 4.35. The van der Waals surface area contributed by atoms with E-state index in [9.17, 15) is 27.9 Å². The Hall–Kier alpha value is -3.24. The third kappa shape index (κ3) is 5.08. The van der Waals surface area contributed by atoms with Crippen molar-refractivity contribution in [3.63, 3.8) is 0 Å². The third-order valence-corrected chi connectivity index (χ3v) is 6.23. The lowest BCUT2D eigenvalue weighted by Gasteiger charge is -2.27. The Kier molecular flexibility index (Phi) is 6.95. The highest BCUT2D eigenvalue weighted by Gasteiger charge is 2.36. The second-order valence-electron chi connectivity index (χ2n) is 8.39. The van der Waals surface area contributed by atoms with Gasteiger partial charge in [-0.2, -0.15) is 13.2 Å². The Bertz CT molecular complexity index is 1340. The van der Waals surface area contributed by atoms with E-state index in [4.69, 9.17) is 11.6 Å². The molecule has 0 radical (unpaired) electrons. The highest BCUT2D eigenvalue weighted by molar-refractivity contribution is 6.30. The Morgan fingerprint density at radius 1 is 1.09 bits per heavy atom. The van der Waals surface area contributed by atoms with E-state index in [-0.39, 0.29) is 38.2 Å². The molecule has 0 saturated carbocycles. The summed E-state index contributed by atoms with van der Waals surface area (Å²) in [4.78, 5) is 28.0. The normalized spacial score (nSPS) is 15.3. The summed E-state index contributed by atoms with van der Waals surface area (Å²) in [6, 6.07) is 12.1. The molecule has 0 aliphatic carbocycles. The quantitative estimate of drug-likeness (QED) is 0.510. The van der Waals surface area contributed by atoms with Gasteiger partial charge >= 0.3 is 11.9 Å². The first-order chi connectivity index (χ1) is 16.6. The molecule has 186 valence electrons. The number of hydrogen-bond donors (Lipinski definition) is 2. The molecule has 3 aromatic rings. The van der Waals surface area contributed by atoms with Gasteiger partial charge in [-0.05, 0) is 35.7 Å². The van der Waals surface area contributed by atoms with Crippen molar-refractivity contribution in [2.24, 2.45) is 7.05 Å². The smallest absolute Gasteiger partial charge is 0.396 e. The van der Waals surface area contributed by atoms with Gasteiger partial charge in [-0.1, -0.05) is 41.9 Å². The second-order valence-corrected chi connectivity index (χ2v) is 8.83. The van der Waals surface area contributed by atoms with E-state index in [0.717, 1.165) is 22.3 Å². The first-order valence-corrected chi connectivity index (χ1v) is 11.4. The Morgan fingerprint density at radius 2 is 1.80 bits per heavy atom. The summed E-state index contributed by atoms with van der Waals surface area (Å²) in [6.07, 6.45) is -4.69. The summed E-state index contributed by atoms with van der Waals surface area (Å²) in [5, 5.41) is 12.9. The van der Waals surface area contributed by atoms with Crippen molar-refractivity contribution in [2.45, 2.75) is 38.3 Å². The number of nitrogens with one attached hydrogen (secondary N) is 1. The molecule has 35 heavy (non-hydrogen) atoms. The molecule has 0 spiro atoms. The topological polar surface area (TPSA) is 79.5 Å². The Labute approximate surface area is 204 Å². The van der Waals surface area contributed by atoms with Crippen molar-refractivity contribution < 1.29 is 18.3 Å². The molecular formula is C24H24ClF3N4O3. The van der Waals surface area contributed by atoms with Crippen LogP contribution in [0.2, 0.25) is 5.02 Å². The maximum Gasteiger partial charge on any atom is 0.416 e. The minimum atomic E-state index is -4.48. The molecule has 0 amide bonds. The van der Waals surface area contributed by atoms with E-state index < -0.39 is 29.2 Å². The number of alkyl halides is 3. The maximum atomic E-state index is 13.4. The van der Waals surface area contributed by atoms with E-state index in [1.54, 1.807) is 35.2 Å². The number of anilines is 2. The van der Waals surface area contributed by atoms with Gasteiger partial charge in [0.1, 0.15) is 17.7 Å². The number of hydrogen-bond acceptors (Lipinski definition) is 5. The highest BCUT2D eigenvalue weighted by atomic mass is 35.5. The zero-order valence-electron chi connectivity index (χ0n) is 18.8. The number of benzene rings is 2. The van der Waals surface area contributed by atoms with Crippen molar-refractivity contribution in [3.8, 4) is 0 Å². The molecule has 1 aliphatic rings. The average molecular weight is 509 g/mol. The molecule has 1 atom stereocenters. The number of halogens is 4. The molecule has 11 heteroatoms. The van der Waals surface area contributed by atoms with E-state index in [1.807, 2.05) is 0 Å². The number of aliphatic hydroxyl groups is 1. The minimum absolute atomic E-state index is 0.0440. The predicted octanol–water partition coefficient (Wildman–Crippen LogP) is 3.60. The number of rotatable bonds is 7. The molecule has 1 aliphatic heterocycles. The molecular weight excluding hydrogens is 485 g/mol. The predicted molar refractivity (Wildman–Crippen MR) is 128 cm³/mol. The van der Waals surface area contributed by atoms with E-state index in [0.29, 0.717) is 16.4 Å². The average Bonchev–Trinajstić information content (AvgIpc) is 3.16. The summed E-state index contributed by atoms with van der Waals surface area (Å²) in [5.74, 6) is 0.297. The van der Waals surface area contributed by atoms with Crippen LogP contribution in [0.1, 0.15) is 23.1 Å². The summed E-state index contributed by atoms with van der Waals surface area (Å²) in [7, 11) is 1.52. The SMILES string of the molecule is Cn1c2c(c(=O)n(CCCO)c1=O)N(Cc1ccc(Cl)cc1)C(Cc1cccc(C(F)(F)F)c1)N2. The van der Waals surface area contributed by atoms with Crippen LogP contribution in [0.25, 0.3) is 0 Å². The fraction of sp³-hybridized carbons (Fsp3) is 0.333. The van der Waals surface area contributed by atoms with Crippen LogP contribution in [0.4, 0.5) is 24.7 Å². The molecule has 0 bridgehead atoms. The standard InChI is InChI=1S/C24H24ClF3N4O3/c1-30-21-20(22(34)31(23(30)35)10-3-11-33)32(14-15-6-8-18(25)9-7-15)19(29-21)13-16-4-2-5-17(12-16)24(26,27)28/h2,4-9,12,19,29,33H,3,10-11,13-14H2,1H3. The first kappa shape index (κ1) is 24.9. The maximum absolute atomic E-state index is 13.4. The van der Waals surface area contributed by atoms with Gasteiger partial charge in [-0.3, -0.25) is 13.9 Å². The van der Waals surface area contributed by atoms with Crippen LogP contribution < -0.4 is 21.5 Å². The first-order valence-electron chi connectivity index (χ1n) is 11.0. The summed E-state index contributed by atoms with van der Waals surface area (Å²) >= 11 is 6.00. The lowest BCUT2D eigenvalue weighted by atomic mass is 10.1. The number of aliphatic hydroxyl groups excluding tert-OH is 1. The molecule has 2 N–H and O–H groups in total. The lowest BCUT2D eigenvalue weighted by Crippen LogP contribution is -2.42. The van der Waals surface area contributed by atoms with Crippen LogP contribution in [-0.2, 0) is 32.7 Å². The number of aromatic nitrogens is 2. The molecule has 4 rings (SSSR count). The number of fused-ring (bicyclic) bond motifs is 1. The van der Waals surface area contributed by atoms with Gasteiger partial charge in [0.15, 0.2) is 0 Å². The Morgan fingerprint density at radius 3 is 2.46 bits per heavy atom. The Balaban J connectivity index is 1.78.